The molecule has 10 heteroatoms. The number of carbonyl (C=O) groups excluding carboxylic acids is 1. The number of nitrogens with zero attached hydrogens (tertiary/aromatic N) is 3. The number of thioether (sulfide) groups is 1. The monoisotopic (exact) mass is 434 g/mol. The molecule has 0 unspecified atom stereocenters. The molecule has 1 aliphatic rings. The molecule has 154 valence electrons. The van der Waals surface area contributed by atoms with Crippen molar-refractivity contribution in [2.24, 2.45) is 0 Å². The van der Waals surface area contributed by atoms with Crippen LogP contribution in [0.2, 0.25) is 0 Å². The Hall–Kier alpha value is -2.27. The Kier molecular flexibility index (Phi) is 7.01. The number of aromatic nitrogens is 2. The van der Waals surface area contributed by atoms with Crippen LogP contribution in [0.4, 0.5) is 5.82 Å². The summed E-state index contributed by atoms with van der Waals surface area (Å²) in [6.45, 7) is 5.13. The fourth-order valence-corrected chi connectivity index (χ4v) is 4.20. The Labute approximate surface area is 177 Å². The highest BCUT2D eigenvalue weighted by atomic mass is 32.2. The number of aliphatic hydroxyl groups excluding tert-OH is 1. The second-order valence-electron chi connectivity index (χ2n) is 6.30. The van der Waals surface area contributed by atoms with Crippen molar-refractivity contribution in [1.82, 2.24) is 14.3 Å². The predicted molar refractivity (Wildman–Crippen MR) is 118 cm³/mol. The SMILES string of the molecule is CCN1C(=O)C(=Cc2c(NCCOCCO)nc3ccc(C)cn3c2=O)SC1=S. The summed E-state index contributed by atoms with van der Waals surface area (Å²) in [5, 5.41) is 11.9. The third kappa shape index (κ3) is 4.67. The lowest BCUT2D eigenvalue weighted by molar-refractivity contribution is -0.121. The number of amides is 1. The number of aryl methyl sites for hydroxylation is 1. The van der Waals surface area contributed by atoms with Gasteiger partial charge in [-0.1, -0.05) is 30.0 Å². The average Bonchev–Trinajstić information content (AvgIpc) is 2.97. The second-order valence-corrected chi connectivity index (χ2v) is 7.98. The highest BCUT2D eigenvalue weighted by Gasteiger charge is 2.31. The number of nitrogens with one attached hydrogen (secondary N) is 1. The van der Waals surface area contributed by atoms with Crippen molar-refractivity contribution in [3.8, 4) is 0 Å². The Balaban J connectivity index is 2.03. The third-order valence-corrected chi connectivity index (χ3v) is 5.62. The summed E-state index contributed by atoms with van der Waals surface area (Å²) in [5.41, 5.74) is 1.42. The van der Waals surface area contributed by atoms with Gasteiger partial charge in [0, 0.05) is 19.3 Å². The Morgan fingerprint density at radius 2 is 2.14 bits per heavy atom. The topological polar surface area (TPSA) is 96.2 Å². The maximum atomic E-state index is 13.2. The lowest BCUT2D eigenvalue weighted by Crippen LogP contribution is -2.27. The minimum absolute atomic E-state index is 0.0561. The molecule has 2 N–H and O–H groups in total. The quantitative estimate of drug-likeness (QED) is 0.368. The molecular weight excluding hydrogens is 412 g/mol. The molecule has 1 fully saturated rings. The first kappa shape index (κ1) is 21.4. The van der Waals surface area contributed by atoms with Crippen LogP contribution >= 0.6 is 24.0 Å². The van der Waals surface area contributed by atoms with E-state index in [-0.39, 0.29) is 30.2 Å². The molecule has 2 aromatic rings. The molecule has 0 spiro atoms. The van der Waals surface area contributed by atoms with E-state index in [4.69, 9.17) is 22.1 Å². The first-order chi connectivity index (χ1) is 14.0. The number of carbonyl (C=O) groups is 1. The zero-order valence-electron chi connectivity index (χ0n) is 16.2. The summed E-state index contributed by atoms with van der Waals surface area (Å²) >= 11 is 6.43. The normalized spacial score (nSPS) is 15.7. The number of fused-ring (bicyclic) bond motifs is 1. The van der Waals surface area contributed by atoms with Gasteiger partial charge in [0.1, 0.15) is 15.8 Å². The van der Waals surface area contributed by atoms with Crippen LogP contribution in [0.1, 0.15) is 18.1 Å². The minimum Gasteiger partial charge on any atom is -0.394 e. The van der Waals surface area contributed by atoms with Gasteiger partial charge in [0.2, 0.25) is 0 Å². The first-order valence-corrected chi connectivity index (χ1v) is 10.4. The van der Waals surface area contributed by atoms with Crippen LogP contribution in [-0.4, -0.2) is 62.5 Å². The number of aliphatic hydroxyl groups is 1. The largest absolute Gasteiger partial charge is 0.394 e. The number of ether oxygens (including phenoxy) is 1. The molecule has 0 saturated carbocycles. The fourth-order valence-electron chi connectivity index (χ4n) is 2.84. The smallest absolute Gasteiger partial charge is 0.267 e. The molecule has 0 bridgehead atoms. The lowest BCUT2D eigenvalue weighted by atomic mass is 10.2. The Morgan fingerprint density at radius 1 is 1.34 bits per heavy atom. The van der Waals surface area contributed by atoms with Gasteiger partial charge < -0.3 is 15.2 Å². The average molecular weight is 435 g/mol. The van der Waals surface area contributed by atoms with Crippen molar-refractivity contribution in [3.63, 3.8) is 0 Å². The zero-order chi connectivity index (χ0) is 21.0. The molecular formula is C19H22N4O4S2. The van der Waals surface area contributed by atoms with Gasteiger partial charge in [-0.2, -0.15) is 0 Å². The van der Waals surface area contributed by atoms with E-state index in [1.54, 1.807) is 18.3 Å². The minimum atomic E-state index is -0.278. The van der Waals surface area contributed by atoms with Crippen molar-refractivity contribution in [3.05, 3.63) is 44.7 Å². The maximum Gasteiger partial charge on any atom is 0.267 e. The maximum absolute atomic E-state index is 13.2. The number of likely N-dealkylation sites (N-methyl/N-ethyl adjacent to an activating group) is 1. The van der Waals surface area contributed by atoms with Crippen LogP contribution in [-0.2, 0) is 9.53 Å². The number of rotatable bonds is 8. The van der Waals surface area contributed by atoms with Gasteiger partial charge in [0.05, 0.1) is 30.3 Å². The lowest BCUT2D eigenvalue weighted by Gasteiger charge is -2.12. The molecule has 0 aromatic carbocycles. The van der Waals surface area contributed by atoms with E-state index in [0.717, 1.165) is 5.56 Å². The summed E-state index contributed by atoms with van der Waals surface area (Å²) in [7, 11) is 0. The van der Waals surface area contributed by atoms with E-state index in [9.17, 15) is 9.59 Å². The molecule has 3 heterocycles. The van der Waals surface area contributed by atoms with Crippen molar-refractivity contribution < 1.29 is 14.6 Å². The summed E-state index contributed by atoms with van der Waals surface area (Å²) in [5.74, 6) is 0.154. The number of hydrogen-bond donors (Lipinski definition) is 2. The number of pyridine rings is 1. The van der Waals surface area contributed by atoms with Crippen molar-refractivity contribution in [2.75, 3.05) is 38.2 Å². The second kappa shape index (κ2) is 9.49. The molecule has 1 saturated heterocycles. The molecule has 0 radical (unpaired) electrons. The molecule has 8 nitrogen and oxygen atoms in total. The highest BCUT2D eigenvalue weighted by molar-refractivity contribution is 8.26. The first-order valence-electron chi connectivity index (χ1n) is 9.17. The summed E-state index contributed by atoms with van der Waals surface area (Å²) in [6, 6.07) is 3.65. The predicted octanol–water partition coefficient (Wildman–Crippen LogP) is 1.64. The summed E-state index contributed by atoms with van der Waals surface area (Å²) in [4.78, 5) is 32.2. The molecule has 0 aliphatic carbocycles. The van der Waals surface area contributed by atoms with E-state index in [1.807, 2.05) is 19.9 Å². The number of thiocarbonyl (C=S) groups is 1. The van der Waals surface area contributed by atoms with Gasteiger partial charge >= 0.3 is 0 Å². The summed E-state index contributed by atoms with van der Waals surface area (Å²) in [6.07, 6.45) is 3.27. The standard InChI is InChI=1S/C19H22N4O4S2/c1-3-22-18(26)14(29-19(22)28)10-13-16(20-6-8-27-9-7-24)21-15-5-4-12(2)11-23(15)17(13)25/h4-5,10-11,20,24H,3,6-9H2,1-2H3. The molecule has 2 aromatic heterocycles. The highest BCUT2D eigenvalue weighted by Crippen LogP contribution is 2.32. The molecule has 1 aliphatic heterocycles. The van der Waals surface area contributed by atoms with Gasteiger partial charge in [-0.05, 0) is 31.6 Å². The van der Waals surface area contributed by atoms with Crippen molar-refractivity contribution in [2.45, 2.75) is 13.8 Å². The van der Waals surface area contributed by atoms with E-state index in [2.05, 4.69) is 10.3 Å². The van der Waals surface area contributed by atoms with Crippen LogP contribution in [0.25, 0.3) is 11.7 Å². The molecule has 29 heavy (non-hydrogen) atoms. The Bertz CT molecular complexity index is 1030. The molecule has 1 amide bonds. The molecule has 3 rings (SSSR count). The van der Waals surface area contributed by atoms with Gasteiger partial charge in [-0.25, -0.2) is 4.98 Å². The van der Waals surface area contributed by atoms with Crippen molar-refractivity contribution in [1.29, 1.82) is 0 Å². The number of hydrogen-bond acceptors (Lipinski definition) is 8. The van der Waals surface area contributed by atoms with Crippen LogP contribution in [0.15, 0.2) is 28.0 Å². The van der Waals surface area contributed by atoms with Crippen LogP contribution in [0, 0.1) is 6.92 Å². The van der Waals surface area contributed by atoms with Gasteiger partial charge in [0.25, 0.3) is 11.5 Å². The number of anilines is 1. The van der Waals surface area contributed by atoms with E-state index in [0.29, 0.717) is 40.4 Å². The Morgan fingerprint density at radius 3 is 2.83 bits per heavy atom. The van der Waals surface area contributed by atoms with Crippen LogP contribution < -0.4 is 10.9 Å². The van der Waals surface area contributed by atoms with Gasteiger partial charge in [-0.3, -0.25) is 18.9 Å². The molecule has 0 atom stereocenters. The third-order valence-electron chi connectivity index (χ3n) is 4.25. The van der Waals surface area contributed by atoms with E-state index < -0.39 is 0 Å². The van der Waals surface area contributed by atoms with E-state index >= 15 is 0 Å². The summed E-state index contributed by atoms with van der Waals surface area (Å²) < 4.78 is 7.19. The van der Waals surface area contributed by atoms with Crippen LogP contribution in [0.3, 0.4) is 0 Å². The van der Waals surface area contributed by atoms with Gasteiger partial charge in [-0.15, -0.1) is 0 Å². The van der Waals surface area contributed by atoms with Crippen LogP contribution in [0.5, 0.6) is 0 Å². The zero-order valence-corrected chi connectivity index (χ0v) is 17.8. The fraction of sp³-hybridized carbons (Fsp3) is 0.368. The van der Waals surface area contributed by atoms with E-state index in [1.165, 1.54) is 21.1 Å². The van der Waals surface area contributed by atoms with Gasteiger partial charge in [0.15, 0.2) is 0 Å². The van der Waals surface area contributed by atoms with Crippen molar-refractivity contribution >= 4 is 51.7 Å².